The minimum Gasteiger partial charge on any atom is -0.507 e. The van der Waals surface area contributed by atoms with Crippen LogP contribution in [-0.4, -0.2) is 31.0 Å². The van der Waals surface area contributed by atoms with Gasteiger partial charge < -0.3 is 14.6 Å². The fraction of sp³-hybridized carbons (Fsp3) is 0.286. The van der Waals surface area contributed by atoms with Gasteiger partial charge in [0.05, 0.1) is 19.8 Å². The molecule has 4 rings (SSSR count). The van der Waals surface area contributed by atoms with Crippen molar-refractivity contribution >= 4 is 34.5 Å². The molecular weight excluding hydrogens is 462 g/mol. The van der Waals surface area contributed by atoms with Gasteiger partial charge in [-0.3, -0.25) is 14.5 Å². The number of ether oxygens (including phenoxy) is 2. The number of nitrogens with zero attached hydrogens (tertiary/aromatic N) is 1. The standard InChI is InChI=1S/C28H29NO5S/c1-15(2)20-14-21(17(4)12-22(20)34-6)25(30)23-24(27-16(3)10-11-35-27)29(28(32)26(23)31)18-8-7-9-19(13-18)33-5/h7-15,24,30H,1-6H3/b25-23+. The van der Waals surface area contributed by atoms with Crippen molar-refractivity contribution in [3.8, 4) is 11.5 Å². The summed E-state index contributed by atoms with van der Waals surface area (Å²) < 4.78 is 10.9. The predicted molar refractivity (Wildman–Crippen MR) is 139 cm³/mol. The lowest BCUT2D eigenvalue weighted by molar-refractivity contribution is -0.132. The summed E-state index contributed by atoms with van der Waals surface area (Å²) in [5, 5.41) is 13.5. The van der Waals surface area contributed by atoms with Crippen LogP contribution in [0.3, 0.4) is 0 Å². The van der Waals surface area contributed by atoms with Crippen molar-refractivity contribution in [2.24, 2.45) is 0 Å². The molecule has 1 atom stereocenters. The number of thiophene rings is 1. The van der Waals surface area contributed by atoms with E-state index in [9.17, 15) is 14.7 Å². The number of carbonyl (C=O) groups excluding carboxylic acids is 2. The topological polar surface area (TPSA) is 76.1 Å². The molecule has 182 valence electrons. The van der Waals surface area contributed by atoms with E-state index in [-0.39, 0.29) is 17.3 Å². The van der Waals surface area contributed by atoms with Crippen LogP contribution in [0.15, 0.2) is 53.4 Å². The summed E-state index contributed by atoms with van der Waals surface area (Å²) in [5.74, 6) is -0.173. The van der Waals surface area contributed by atoms with Gasteiger partial charge in [0.25, 0.3) is 11.7 Å². The second-order valence-corrected chi connectivity index (χ2v) is 9.85. The Bertz CT molecular complexity index is 1340. The van der Waals surface area contributed by atoms with Gasteiger partial charge in [0.15, 0.2) is 0 Å². The molecule has 6 nitrogen and oxygen atoms in total. The van der Waals surface area contributed by atoms with Crippen molar-refractivity contribution in [2.45, 2.75) is 39.7 Å². The predicted octanol–water partition coefficient (Wildman–Crippen LogP) is 6.13. The van der Waals surface area contributed by atoms with E-state index in [1.54, 1.807) is 38.5 Å². The average molecular weight is 492 g/mol. The molecule has 1 aliphatic rings. The van der Waals surface area contributed by atoms with Crippen molar-refractivity contribution in [3.63, 3.8) is 0 Å². The average Bonchev–Trinajstić information content (AvgIpc) is 3.38. The molecular formula is C28H29NO5S. The lowest BCUT2D eigenvalue weighted by Gasteiger charge is -2.25. The lowest BCUT2D eigenvalue weighted by atomic mass is 9.92. The van der Waals surface area contributed by atoms with Crippen LogP contribution in [0, 0.1) is 13.8 Å². The summed E-state index contributed by atoms with van der Waals surface area (Å²) in [6, 6.07) is 11.9. The first kappa shape index (κ1) is 24.5. The van der Waals surface area contributed by atoms with E-state index in [4.69, 9.17) is 9.47 Å². The largest absolute Gasteiger partial charge is 0.507 e. The fourth-order valence-corrected chi connectivity index (χ4v) is 5.52. The first-order valence-electron chi connectivity index (χ1n) is 11.4. The van der Waals surface area contributed by atoms with Crippen LogP contribution in [0.25, 0.3) is 5.76 Å². The Balaban J connectivity index is 1.98. The van der Waals surface area contributed by atoms with Crippen LogP contribution in [0.1, 0.15) is 52.9 Å². The zero-order valence-electron chi connectivity index (χ0n) is 20.7. The third-order valence-corrected chi connectivity index (χ3v) is 7.45. The van der Waals surface area contributed by atoms with Crippen LogP contribution in [0.5, 0.6) is 11.5 Å². The number of amides is 1. The van der Waals surface area contributed by atoms with Gasteiger partial charge in [0.2, 0.25) is 0 Å². The molecule has 1 aromatic heterocycles. The molecule has 1 N–H and O–H groups in total. The van der Waals surface area contributed by atoms with Crippen molar-refractivity contribution < 1.29 is 24.2 Å². The number of methoxy groups -OCH3 is 2. The number of benzene rings is 2. The van der Waals surface area contributed by atoms with Crippen molar-refractivity contribution in [1.29, 1.82) is 0 Å². The Morgan fingerprint density at radius 1 is 1.03 bits per heavy atom. The maximum Gasteiger partial charge on any atom is 0.300 e. The number of aryl methyl sites for hydroxylation is 2. The van der Waals surface area contributed by atoms with Crippen LogP contribution in [-0.2, 0) is 9.59 Å². The molecule has 7 heteroatoms. The second kappa shape index (κ2) is 9.58. The molecule has 1 saturated heterocycles. The molecule has 1 amide bonds. The summed E-state index contributed by atoms with van der Waals surface area (Å²) in [5.41, 5.74) is 3.71. The molecule has 3 aromatic rings. The Hall–Kier alpha value is -3.58. The maximum atomic E-state index is 13.5. The molecule has 2 aromatic carbocycles. The Morgan fingerprint density at radius 2 is 1.77 bits per heavy atom. The number of rotatable bonds is 6. The summed E-state index contributed by atoms with van der Waals surface area (Å²) in [7, 11) is 3.16. The molecule has 1 fully saturated rings. The van der Waals surface area contributed by atoms with E-state index >= 15 is 0 Å². The van der Waals surface area contributed by atoms with Crippen molar-refractivity contribution in [2.75, 3.05) is 19.1 Å². The zero-order valence-corrected chi connectivity index (χ0v) is 21.5. The van der Waals surface area contributed by atoms with E-state index in [1.807, 2.05) is 51.3 Å². The van der Waals surface area contributed by atoms with Gasteiger partial charge in [0.1, 0.15) is 23.3 Å². The van der Waals surface area contributed by atoms with E-state index in [2.05, 4.69) is 0 Å². The first-order valence-corrected chi connectivity index (χ1v) is 12.3. The van der Waals surface area contributed by atoms with Crippen LogP contribution in [0.4, 0.5) is 5.69 Å². The lowest BCUT2D eigenvalue weighted by Crippen LogP contribution is -2.29. The van der Waals surface area contributed by atoms with E-state index in [0.717, 1.165) is 27.3 Å². The number of ketones is 1. The van der Waals surface area contributed by atoms with E-state index in [0.29, 0.717) is 17.0 Å². The number of carbonyl (C=O) groups is 2. The summed E-state index contributed by atoms with van der Waals surface area (Å²) >= 11 is 1.45. The molecule has 35 heavy (non-hydrogen) atoms. The quantitative estimate of drug-likeness (QED) is 0.255. The number of hydrogen-bond acceptors (Lipinski definition) is 6. The van der Waals surface area contributed by atoms with Gasteiger partial charge in [-0.15, -0.1) is 11.3 Å². The fourth-order valence-electron chi connectivity index (χ4n) is 4.50. The third kappa shape index (κ3) is 4.21. The third-order valence-electron chi connectivity index (χ3n) is 6.38. The second-order valence-electron chi connectivity index (χ2n) is 8.90. The van der Waals surface area contributed by atoms with Crippen LogP contribution < -0.4 is 14.4 Å². The number of Topliss-reactive ketones (excluding diaryl/α,β-unsaturated/α-hetero) is 1. The molecule has 0 bridgehead atoms. The van der Waals surface area contributed by atoms with Crippen molar-refractivity contribution in [1.82, 2.24) is 0 Å². The maximum absolute atomic E-state index is 13.5. The van der Waals surface area contributed by atoms with Crippen molar-refractivity contribution in [3.05, 3.63) is 80.5 Å². The van der Waals surface area contributed by atoms with Gasteiger partial charge >= 0.3 is 0 Å². The molecule has 1 unspecified atom stereocenters. The minimum atomic E-state index is -0.758. The molecule has 0 radical (unpaired) electrons. The van der Waals surface area contributed by atoms with E-state index < -0.39 is 17.7 Å². The zero-order chi connectivity index (χ0) is 25.4. The highest BCUT2D eigenvalue weighted by molar-refractivity contribution is 7.10. The first-order chi connectivity index (χ1) is 16.7. The number of aliphatic hydroxyl groups is 1. The highest BCUT2D eigenvalue weighted by Gasteiger charge is 2.48. The van der Waals surface area contributed by atoms with Gasteiger partial charge in [-0.25, -0.2) is 0 Å². The van der Waals surface area contributed by atoms with Gasteiger partial charge in [-0.1, -0.05) is 19.9 Å². The summed E-state index contributed by atoms with van der Waals surface area (Å²) in [4.78, 5) is 29.2. The monoisotopic (exact) mass is 491 g/mol. The van der Waals surface area contributed by atoms with E-state index in [1.165, 1.54) is 16.2 Å². The number of anilines is 1. The molecule has 0 saturated carbocycles. The normalized spacial score (nSPS) is 17.3. The highest BCUT2D eigenvalue weighted by atomic mass is 32.1. The Kier molecular flexibility index (Phi) is 6.72. The van der Waals surface area contributed by atoms with Gasteiger partial charge in [0, 0.05) is 22.2 Å². The molecule has 0 aliphatic carbocycles. The Labute approximate surface area is 209 Å². The molecule has 1 aliphatic heterocycles. The number of aliphatic hydroxyl groups excluding tert-OH is 1. The van der Waals surface area contributed by atoms with Gasteiger partial charge in [-0.05, 0) is 72.2 Å². The summed E-state index contributed by atoms with van der Waals surface area (Å²) in [6.07, 6.45) is 0. The SMILES string of the molecule is COc1cccc(N2C(=O)C(=O)/C(=C(/O)c3cc(C(C)C)c(OC)cc3C)C2c2sccc2C)c1. The summed E-state index contributed by atoms with van der Waals surface area (Å²) in [6.45, 7) is 7.86. The minimum absolute atomic E-state index is 0.0753. The van der Waals surface area contributed by atoms with Crippen LogP contribution in [0.2, 0.25) is 0 Å². The van der Waals surface area contributed by atoms with Gasteiger partial charge in [-0.2, -0.15) is 0 Å². The molecule has 2 heterocycles. The highest BCUT2D eigenvalue weighted by Crippen LogP contribution is 2.46. The number of hydrogen-bond donors (Lipinski definition) is 1. The smallest absolute Gasteiger partial charge is 0.300 e. The molecule has 0 spiro atoms. The van der Waals surface area contributed by atoms with Crippen LogP contribution >= 0.6 is 11.3 Å². The Morgan fingerprint density at radius 3 is 2.37 bits per heavy atom.